The molecule has 0 unspecified atom stereocenters. The van der Waals surface area contributed by atoms with Crippen molar-refractivity contribution in [1.82, 2.24) is 14.5 Å². The average Bonchev–Trinajstić information content (AvgIpc) is 3.36. The molecule has 8 heteroatoms. The molecule has 7 nitrogen and oxygen atoms in total. The molecule has 2 fully saturated rings. The van der Waals surface area contributed by atoms with Crippen molar-refractivity contribution >= 4 is 15.9 Å². The molecule has 2 aliphatic rings. The number of sulfonamides is 1. The van der Waals surface area contributed by atoms with Crippen LogP contribution in [0.4, 0.5) is 0 Å². The SMILES string of the molecule is O=C([C@@H](NCc1ccccc1S(=O)(=O)N1CCOCC1)c1ccccc1)N1CCCC1. The van der Waals surface area contributed by atoms with Crippen LogP contribution in [0.3, 0.4) is 0 Å². The predicted molar refractivity (Wildman–Crippen MR) is 118 cm³/mol. The van der Waals surface area contributed by atoms with Crippen molar-refractivity contribution in [2.24, 2.45) is 0 Å². The number of carbonyl (C=O) groups excluding carboxylic acids is 1. The molecule has 4 rings (SSSR count). The van der Waals surface area contributed by atoms with Gasteiger partial charge in [0, 0.05) is 32.7 Å². The number of hydrogen-bond donors (Lipinski definition) is 1. The molecule has 1 atom stereocenters. The zero-order valence-corrected chi connectivity index (χ0v) is 18.4. The van der Waals surface area contributed by atoms with Gasteiger partial charge < -0.3 is 9.64 Å². The van der Waals surface area contributed by atoms with E-state index in [0.29, 0.717) is 31.9 Å². The number of nitrogens with one attached hydrogen (secondary N) is 1. The first-order valence-electron chi connectivity index (χ1n) is 10.8. The highest BCUT2D eigenvalue weighted by Gasteiger charge is 2.30. The van der Waals surface area contributed by atoms with Crippen LogP contribution in [0.15, 0.2) is 59.5 Å². The van der Waals surface area contributed by atoms with Crippen LogP contribution in [0.1, 0.15) is 30.0 Å². The predicted octanol–water partition coefficient (Wildman–Crippen LogP) is 2.16. The van der Waals surface area contributed by atoms with E-state index < -0.39 is 16.1 Å². The van der Waals surface area contributed by atoms with E-state index in [9.17, 15) is 13.2 Å². The van der Waals surface area contributed by atoms with Gasteiger partial charge in [0.1, 0.15) is 6.04 Å². The van der Waals surface area contributed by atoms with E-state index in [1.54, 1.807) is 12.1 Å². The lowest BCUT2D eigenvalue weighted by Gasteiger charge is -2.28. The Morgan fingerprint density at radius 3 is 2.29 bits per heavy atom. The molecule has 0 aliphatic carbocycles. The number of likely N-dealkylation sites (tertiary alicyclic amines) is 1. The molecule has 2 heterocycles. The maximum absolute atomic E-state index is 13.2. The Kier molecular flexibility index (Phi) is 7.02. The first kappa shape index (κ1) is 22.0. The fourth-order valence-electron chi connectivity index (χ4n) is 4.15. The van der Waals surface area contributed by atoms with Gasteiger partial charge in [0.05, 0.1) is 18.1 Å². The van der Waals surface area contributed by atoms with E-state index in [4.69, 9.17) is 4.74 Å². The van der Waals surface area contributed by atoms with Crippen molar-refractivity contribution < 1.29 is 17.9 Å². The molecule has 1 amide bonds. The number of rotatable bonds is 7. The summed E-state index contributed by atoms with van der Waals surface area (Å²) in [6.07, 6.45) is 2.04. The summed E-state index contributed by atoms with van der Waals surface area (Å²) in [5.41, 5.74) is 1.54. The summed E-state index contributed by atoms with van der Waals surface area (Å²) in [6.45, 7) is 3.32. The van der Waals surface area contributed by atoms with E-state index in [2.05, 4.69) is 5.32 Å². The van der Waals surface area contributed by atoms with E-state index in [1.807, 2.05) is 47.4 Å². The zero-order chi connectivity index (χ0) is 21.7. The normalized spacial score (nSPS) is 18.8. The molecular formula is C23H29N3O4S. The third-order valence-corrected chi connectivity index (χ3v) is 7.85. The van der Waals surface area contributed by atoms with E-state index in [-0.39, 0.29) is 17.3 Å². The van der Waals surface area contributed by atoms with Crippen LogP contribution in [0.25, 0.3) is 0 Å². The first-order chi connectivity index (χ1) is 15.1. The summed E-state index contributed by atoms with van der Waals surface area (Å²) >= 11 is 0. The summed E-state index contributed by atoms with van der Waals surface area (Å²) < 4.78 is 33.2. The Morgan fingerprint density at radius 1 is 0.935 bits per heavy atom. The van der Waals surface area contributed by atoms with Gasteiger partial charge in [-0.05, 0) is 30.0 Å². The molecule has 2 aromatic rings. The fourth-order valence-corrected chi connectivity index (χ4v) is 5.78. The zero-order valence-electron chi connectivity index (χ0n) is 17.6. The number of ether oxygens (including phenoxy) is 1. The Labute approximate surface area is 184 Å². The molecule has 0 radical (unpaired) electrons. The lowest BCUT2D eigenvalue weighted by molar-refractivity contribution is -0.132. The van der Waals surface area contributed by atoms with E-state index in [1.165, 1.54) is 4.31 Å². The molecular weight excluding hydrogens is 414 g/mol. The number of morpholine rings is 1. The highest BCUT2D eigenvalue weighted by Crippen LogP contribution is 2.24. The maximum atomic E-state index is 13.2. The molecule has 0 saturated carbocycles. The molecule has 166 valence electrons. The van der Waals surface area contributed by atoms with Gasteiger partial charge in [-0.1, -0.05) is 48.5 Å². The van der Waals surface area contributed by atoms with Crippen molar-refractivity contribution in [3.8, 4) is 0 Å². The van der Waals surface area contributed by atoms with Crippen LogP contribution in [0.5, 0.6) is 0 Å². The van der Waals surface area contributed by atoms with Gasteiger partial charge >= 0.3 is 0 Å². The lowest BCUT2D eigenvalue weighted by Crippen LogP contribution is -2.41. The second kappa shape index (κ2) is 9.91. The second-order valence-corrected chi connectivity index (χ2v) is 9.79. The number of nitrogens with zero attached hydrogens (tertiary/aromatic N) is 2. The van der Waals surface area contributed by atoms with Gasteiger partial charge in [-0.15, -0.1) is 0 Å². The summed E-state index contributed by atoms with van der Waals surface area (Å²) in [5.74, 6) is 0.0391. The smallest absolute Gasteiger partial charge is 0.244 e. The van der Waals surface area contributed by atoms with Gasteiger partial charge in [-0.2, -0.15) is 4.31 Å². The molecule has 31 heavy (non-hydrogen) atoms. The molecule has 0 aromatic heterocycles. The average molecular weight is 444 g/mol. The quantitative estimate of drug-likeness (QED) is 0.710. The highest BCUT2D eigenvalue weighted by atomic mass is 32.2. The topological polar surface area (TPSA) is 79.0 Å². The maximum Gasteiger partial charge on any atom is 0.244 e. The fraction of sp³-hybridized carbons (Fsp3) is 0.435. The summed E-state index contributed by atoms with van der Waals surface area (Å²) in [7, 11) is -3.62. The van der Waals surface area contributed by atoms with Crippen LogP contribution in [0.2, 0.25) is 0 Å². The largest absolute Gasteiger partial charge is 0.379 e. The van der Waals surface area contributed by atoms with Crippen molar-refractivity contribution in [3.63, 3.8) is 0 Å². The number of amides is 1. The van der Waals surface area contributed by atoms with Crippen molar-refractivity contribution in [2.75, 3.05) is 39.4 Å². The van der Waals surface area contributed by atoms with Crippen LogP contribution in [0, 0.1) is 0 Å². The number of hydrogen-bond acceptors (Lipinski definition) is 5. The third kappa shape index (κ3) is 4.98. The Hall–Kier alpha value is -2.26. The number of carbonyl (C=O) groups is 1. The Balaban J connectivity index is 1.57. The summed E-state index contributed by atoms with van der Waals surface area (Å²) in [5, 5.41) is 3.35. The third-order valence-electron chi connectivity index (χ3n) is 5.85. The molecule has 2 saturated heterocycles. The summed E-state index contributed by atoms with van der Waals surface area (Å²) in [6, 6.07) is 16.1. The van der Waals surface area contributed by atoms with Gasteiger partial charge in [0.15, 0.2) is 0 Å². The van der Waals surface area contributed by atoms with Crippen LogP contribution in [-0.2, 0) is 26.1 Å². The van der Waals surface area contributed by atoms with Gasteiger partial charge in [0.2, 0.25) is 15.9 Å². The van der Waals surface area contributed by atoms with Crippen molar-refractivity contribution in [2.45, 2.75) is 30.3 Å². The monoisotopic (exact) mass is 443 g/mol. The minimum atomic E-state index is -3.62. The number of benzene rings is 2. The summed E-state index contributed by atoms with van der Waals surface area (Å²) in [4.78, 5) is 15.4. The molecule has 2 aromatic carbocycles. The van der Waals surface area contributed by atoms with Gasteiger partial charge in [0.25, 0.3) is 0 Å². The standard InChI is InChI=1S/C23H29N3O4S/c27-23(25-12-6-7-13-25)22(19-8-2-1-3-9-19)24-18-20-10-4-5-11-21(20)31(28,29)26-14-16-30-17-15-26/h1-5,8-11,22,24H,6-7,12-18H2/t22-/m0/s1. The van der Waals surface area contributed by atoms with E-state index >= 15 is 0 Å². The minimum absolute atomic E-state index is 0.0391. The van der Waals surface area contributed by atoms with Crippen LogP contribution < -0.4 is 5.32 Å². The van der Waals surface area contributed by atoms with E-state index in [0.717, 1.165) is 31.5 Å². The Bertz CT molecular complexity index is 985. The van der Waals surface area contributed by atoms with Crippen LogP contribution in [-0.4, -0.2) is 62.9 Å². The molecule has 2 aliphatic heterocycles. The second-order valence-electron chi connectivity index (χ2n) is 7.88. The molecule has 0 spiro atoms. The van der Waals surface area contributed by atoms with Gasteiger partial charge in [-0.25, -0.2) is 8.42 Å². The lowest BCUT2D eigenvalue weighted by atomic mass is 10.0. The van der Waals surface area contributed by atoms with Crippen molar-refractivity contribution in [1.29, 1.82) is 0 Å². The Morgan fingerprint density at radius 2 is 1.58 bits per heavy atom. The highest BCUT2D eigenvalue weighted by molar-refractivity contribution is 7.89. The minimum Gasteiger partial charge on any atom is -0.379 e. The van der Waals surface area contributed by atoms with Crippen molar-refractivity contribution in [3.05, 3.63) is 65.7 Å². The van der Waals surface area contributed by atoms with Gasteiger partial charge in [-0.3, -0.25) is 10.1 Å². The molecule has 1 N–H and O–H groups in total. The molecule has 0 bridgehead atoms. The first-order valence-corrected chi connectivity index (χ1v) is 12.2. The van der Waals surface area contributed by atoms with Crippen LogP contribution >= 0.6 is 0 Å².